The Bertz CT molecular complexity index is 1860. The fourth-order valence-electron chi connectivity index (χ4n) is 7.04. The molecule has 0 radical (unpaired) electrons. The molecule has 4 nitrogen and oxygen atoms in total. The molecule has 1 spiro atoms. The van der Waals surface area contributed by atoms with Crippen LogP contribution in [0.15, 0.2) is 113 Å². The van der Waals surface area contributed by atoms with Crippen LogP contribution in [-0.2, 0) is 18.4 Å². The van der Waals surface area contributed by atoms with Gasteiger partial charge in [-0.2, -0.15) is 0 Å². The molecule has 5 heteroatoms. The van der Waals surface area contributed by atoms with Crippen LogP contribution in [0.2, 0.25) is 0 Å². The van der Waals surface area contributed by atoms with Crippen molar-refractivity contribution >= 4 is 55.7 Å². The minimum absolute atomic E-state index is 0.353. The molecule has 5 aromatic rings. The van der Waals surface area contributed by atoms with E-state index < -0.39 is 5.72 Å². The summed E-state index contributed by atoms with van der Waals surface area (Å²) in [5.74, 6) is 0.820. The molecule has 3 aliphatic rings. The van der Waals surface area contributed by atoms with E-state index in [1.807, 2.05) is 0 Å². The second-order valence-corrected chi connectivity index (χ2v) is 12.6. The minimum atomic E-state index is -0.789. The lowest BCUT2D eigenvalue weighted by molar-refractivity contribution is 0.0765. The highest BCUT2D eigenvalue weighted by Gasteiger charge is 2.59. The summed E-state index contributed by atoms with van der Waals surface area (Å²) in [6, 6.07) is 36.8. The van der Waals surface area contributed by atoms with Crippen LogP contribution in [0, 0.1) is 0 Å². The molecule has 0 aliphatic carbocycles. The average Bonchev–Trinajstić information content (AvgIpc) is 3.49. The third-order valence-corrected chi connectivity index (χ3v) is 9.67. The van der Waals surface area contributed by atoms with Crippen molar-refractivity contribution in [1.29, 1.82) is 0 Å². The Balaban J connectivity index is 1.33. The SMILES string of the molecule is CC1(C)c2ccccc2N(Cc2ccccc2)C12C=Nc1c(cc(N3CCc4ccccc43)c3cc(Br)ccc13)O2. The summed E-state index contributed by atoms with van der Waals surface area (Å²) in [7, 11) is 0. The summed E-state index contributed by atoms with van der Waals surface area (Å²) in [6.07, 6.45) is 3.09. The largest absolute Gasteiger partial charge is 0.459 e. The van der Waals surface area contributed by atoms with E-state index in [9.17, 15) is 0 Å². The highest BCUT2D eigenvalue weighted by atomic mass is 79.9. The van der Waals surface area contributed by atoms with E-state index in [-0.39, 0.29) is 5.41 Å². The summed E-state index contributed by atoms with van der Waals surface area (Å²) in [6.45, 7) is 6.22. The molecular weight excluding hydrogens is 570 g/mol. The maximum Gasteiger partial charge on any atom is 0.229 e. The zero-order valence-electron chi connectivity index (χ0n) is 23.1. The van der Waals surface area contributed by atoms with E-state index in [2.05, 4.69) is 149 Å². The number of para-hydroxylation sites is 2. The van der Waals surface area contributed by atoms with Gasteiger partial charge in [0.1, 0.15) is 5.69 Å². The first kappa shape index (κ1) is 24.7. The molecule has 202 valence electrons. The number of fused-ring (bicyclic) bond motifs is 5. The second-order valence-electron chi connectivity index (χ2n) is 11.7. The Kier molecular flexibility index (Phi) is 5.39. The van der Waals surface area contributed by atoms with Crippen LogP contribution in [-0.4, -0.2) is 18.5 Å². The molecule has 3 heterocycles. The normalized spacial score (nSPS) is 19.8. The van der Waals surface area contributed by atoms with Crippen LogP contribution in [0.1, 0.15) is 30.5 Å². The van der Waals surface area contributed by atoms with Gasteiger partial charge in [0.2, 0.25) is 5.72 Å². The molecule has 0 fully saturated rings. The average molecular weight is 601 g/mol. The first-order valence-electron chi connectivity index (χ1n) is 14.2. The van der Waals surface area contributed by atoms with Crippen LogP contribution in [0.5, 0.6) is 5.75 Å². The molecule has 1 unspecified atom stereocenters. The third-order valence-electron chi connectivity index (χ3n) is 9.17. The predicted molar refractivity (Wildman–Crippen MR) is 172 cm³/mol. The first-order chi connectivity index (χ1) is 20.0. The van der Waals surface area contributed by atoms with Crippen molar-refractivity contribution in [3.8, 4) is 5.75 Å². The van der Waals surface area contributed by atoms with Gasteiger partial charge in [-0.05, 0) is 61.2 Å². The molecule has 8 rings (SSSR count). The van der Waals surface area contributed by atoms with Crippen molar-refractivity contribution in [3.05, 3.63) is 124 Å². The molecule has 5 aromatic carbocycles. The summed E-state index contributed by atoms with van der Waals surface area (Å²) < 4.78 is 8.38. The molecule has 0 amide bonds. The molecule has 0 bridgehead atoms. The molecule has 0 aromatic heterocycles. The van der Waals surface area contributed by atoms with Crippen molar-refractivity contribution in [2.75, 3.05) is 16.3 Å². The Morgan fingerprint density at radius 3 is 2.41 bits per heavy atom. The summed E-state index contributed by atoms with van der Waals surface area (Å²) in [5, 5.41) is 2.26. The fourth-order valence-corrected chi connectivity index (χ4v) is 7.40. The van der Waals surface area contributed by atoms with Crippen LogP contribution >= 0.6 is 15.9 Å². The summed E-state index contributed by atoms with van der Waals surface area (Å²) in [5.41, 5.74) is 7.24. The number of rotatable bonds is 3. The lowest BCUT2D eigenvalue weighted by Crippen LogP contribution is -2.61. The Morgan fingerprint density at radius 1 is 0.805 bits per heavy atom. The minimum Gasteiger partial charge on any atom is -0.459 e. The van der Waals surface area contributed by atoms with Gasteiger partial charge >= 0.3 is 0 Å². The number of hydrogen-bond acceptors (Lipinski definition) is 4. The van der Waals surface area contributed by atoms with E-state index in [0.29, 0.717) is 0 Å². The topological polar surface area (TPSA) is 28.1 Å². The van der Waals surface area contributed by atoms with Crippen LogP contribution in [0.4, 0.5) is 22.7 Å². The molecule has 0 saturated carbocycles. The number of aliphatic imine (C=N–C) groups is 1. The van der Waals surface area contributed by atoms with Gasteiger partial charge in [-0.15, -0.1) is 0 Å². The van der Waals surface area contributed by atoms with Crippen LogP contribution < -0.4 is 14.5 Å². The molecular formula is C36H30BrN3O. The fraction of sp³-hybridized carbons (Fsp3) is 0.194. The third kappa shape index (κ3) is 3.55. The van der Waals surface area contributed by atoms with Gasteiger partial charge < -0.3 is 14.5 Å². The Labute approximate surface area is 249 Å². The van der Waals surface area contributed by atoms with Gasteiger partial charge in [0.25, 0.3) is 0 Å². The zero-order chi connectivity index (χ0) is 27.8. The molecule has 0 saturated heterocycles. The van der Waals surface area contributed by atoms with Gasteiger partial charge in [-0.3, -0.25) is 4.99 Å². The van der Waals surface area contributed by atoms with Gasteiger partial charge in [0.15, 0.2) is 5.75 Å². The molecule has 3 aliphatic heterocycles. The quantitative estimate of drug-likeness (QED) is 0.207. The number of hydrogen-bond donors (Lipinski definition) is 0. The van der Waals surface area contributed by atoms with Crippen LogP contribution in [0.25, 0.3) is 10.8 Å². The van der Waals surface area contributed by atoms with Crippen molar-refractivity contribution in [2.45, 2.75) is 38.0 Å². The van der Waals surface area contributed by atoms with Crippen LogP contribution in [0.3, 0.4) is 0 Å². The number of benzene rings is 5. The lowest BCUT2D eigenvalue weighted by Gasteiger charge is -2.46. The van der Waals surface area contributed by atoms with E-state index in [4.69, 9.17) is 9.73 Å². The standard InChI is InChI=1S/C36H30BrN3O/c1-35(2)29-13-7-9-15-31(29)40(22-24-10-4-3-5-11-24)36(35)23-38-34-27-17-16-26(37)20-28(27)32(21-33(34)41-36)39-19-18-25-12-6-8-14-30(25)39/h3-17,20-21,23H,18-19,22H2,1-2H3. The Morgan fingerprint density at radius 2 is 1.56 bits per heavy atom. The highest BCUT2D eigenvalue weighted by Crippen LogP contribution is 2.56. The first-order valence-corrected chi connectivity index (χ1v) is 15.0. The van der Waals surface area contributed by atoms with Crippen molar-refractivity contribution in [2.24, 2.45) is 4.99 Å². The van der Waals surface area contributed by atoms with Crippen molar-refractivity contribution in [3.63, 3.8) is 0 Å². The molecule has 41 heavy (non-hydrogen) atoms. The van der Waals surface area contributed by atoms with E-state index in [0.717, 1.165) is 46.5 Å². The lowest BCUT2D eigenvalue weighted by atomic mass is 9.77. The Hall–Kier alpha value is -4.09. The zero-order valence-corrected chi connectivity index (χ0v) is 24.7. The van der Waals surface area contributed by atoms with Gasteiger partial charge in [-0.25, -0.2) is 0 Å². The van der Waals surface area contributed by atoms with E-state index >= 15 is 0 Å². The summed E-state index contributed by atoms with van der Waals surface area (Å²) >= 11 is 3.73. The molecule has 1 atom stereocenters. The van der Waals surface area contributed by atoms with E-state index in [1.54, 1.807) is 0 Å². The van der Waals surface area contributed by atoms with E-state index in [1.165, 1.54) is 33.5 Å². The monoisotopic (exact) mass is 599 g/mol. The molecule has 0 N–H and O–H groups in total. The highest BCUT2D eigenvalue weighted by molar-refractivity contribution is 9.10. The van der Waals surface area contributed by atoms with Gasteiger partial charge in [0, 0.05) is 45.8 Å². The van der Waals surface area contributed by atoms with Gasteiger partial charge in [-0.1, -0.05) is 88.7 Å². The predicted octanol–water partition coefficient (Wildman–Crippen LogP) is 9.09. The number of anilines is 3. The number of nitrogens with zero attached hydrogens (tertiary/aromatic N) is 3. The van der Waals surface area contributed by atoms with Crippen molar-refractivity contribution in [1.82, 2.24) is 0 Å². The maximum absolute atomic E-state index is 7.33. The maximum atomic E-state index is 7.33. The van der Waals surface area contributed by atoms with Crippen molar-refractivity contribution < 1.29 is 4.74 Å². The number of halogens is 1. The number of ether oxygens (including phenoxy) is 1. The van der Waals surface area contributed by atoms with Gasteiger partial charge in [0.05, 0.1) is 17.3 Å². The summed E-state index contributed by atoms with van der Waals surface area (Å²) in [4.78, 5) is 10.1. The smallest absolute Gasteiger partial charge is 0.229 e. The second kappa shape index (κ2) is 8.95.